The van der Waals surface area contributed by atoms with Gasteiger partial charge in [0.05, 0.1) is 0 Å². The molecule has 0 radical (unpaired) electrons. The van der Waals surface area contributed by atoms with Crippen LogP contribution < -0.4 is 0 Å². The third kappa shape index (κ3) is 52.1. The summed E-state index contributed by atoms with van der Waals surface area (Å²) in [4.78, 5) is 38.0. The van der Waals surface area contributed by atoms with Crippen molar-refractivity contribution >= 4 is 17.9 Å². The van der Waals surface area contributed by atoms with Crippen molar-refractivity contribution in [1.29, 1.82) is 0 Å². The molecule has 0 bridgehead atoms. The predicted molar refractivity (Wildman–Crippen MR) is 288 cm³/mol. The van der Waals surface area contributed by atoms with Crippen molar-refractivity contribution in [1.82, 2.24) is 0 Å². The van der Waals surface area contributed by atoms with Crippen LogP contribution in [0.4, 0.5) is 0 Å². The van der Waals surface area contributed by atoms with Gasteiger partial charge in [-0.05, 0) is 128 Å². The van der Waals surface area contributed by atoms with Crippen molar-refractivity contribution in [2.75, 3.05) is 13.2 Å². The molecule has 0 spiro atoms. The first-order valence-electron chi connectivity index (χ1n) is 26.3. The number of ether oxygens (including phenoxy) is 3. The van der Waals surface area contributed by atoms with Crippen molar-refractivity contribution < 1.29 is 28.6 Å². The van der Waals surface area contributed by atoms with Crippen LogP contribution in [-0.4, -0.2) is 37.2 Å². The molecule has 0 heterocycles. The van der Waals surface area contributed by atoms with Crippen LogP contribution in [0.25, 0.3) is 0 Å². The molecule has 0 aliphatic heterocycles. The lowest BCUT2D eigenvalue weighted by atomic mass is 10.1. The molecule has 0 fully saturated rings. The number of hydrogen-bond acceptors (Lipinski definition) is 6. The Labute approximate surface area is 410 Å². The first kappa shape index (κ1) is 62.3. The molecule has 0 aliphatic carbocycles. The molecule has 0 amide bonds. The quantitative estimate of drug-likeness (QED) is 0.0262. The Morgan fingerprint density at radius 2 is 0.597 bits per heavy atom. The maximum absolute atomic E-state index is 12.8. The average molecular weight is 923 g/mol. The molecule has 0 saturated carbocycles. The van der Waals surface area contributed by atoms with Crippen molar-refractivity contribution in [2.45, 2.75) is 207 Å². The molecular weight excluding hydrogens is 829 g/mol. The van der Waals surface area contributed by atoms with Crippen LogP contribution in [0.15, 0.2) is 146 Å². The van der Waals surface area contributed by atoms with E-state index in [0.717, 1.165) is 96.3 Å². The van der Waals surface area contributed by atoms with E-state index < -0.39 is 6.10 Å². The van der Waals surface area contributed by atoms with Gasteiger partial charge in [0.1, 0.15) is 13.2 Å². The normalized spacial score (nSPS) is 13.3. The summed E-state index contributed by atoms with van der Waals surface area (Å²) in [6.45, 7) is 6.25. The van der Waals surface area contributed by atoms with Gasteiger partial charge in [-0.25, -0.2) is 0 Å². The van der Waals surface area contributed by atoms with Gasteiger partial charge >= 0.3 is 17.9 Å². The van der Waals surface area contributed by atoms with Crippen LogP contribution in [0.3, 0.4) is 0 Å². The Balaban J connectivity index is 4.65. The lowest BCUT2D eigenvalue weighted by molar-refractivity contribution is -0.167. The van der Waals surface area contributed by atoms with Gasteiger partial charge in [0.15, 0.2) is 6.10 Å². The van der Waals surface area contributed by atoms with E-state index in [2.05, 4.69) is 167 Å². The molecule has 1 atom stereocenters. The summed E-state index contributed by atoms with van der Waals surface area (Å²) >= 11 is 0. The standard InChI is InChI=1S/C61H94O6/c1-4-7-10-13-16-19-22-25-28-30-33-35-38-41-44-47-50-53-59(62)65-56-58(67-61(64)55-52-49-46-43-40-37-32-27-24-21-18-15-12-9-6-3)57-66-60(63)54-51-48-45-42-39-36-34-31-29-26-23-20-17-14-11-8-5-2/h7,9-10,12,16,18-19,21,25-29,32-36,40-45,58H,4-6,8,11,13-15,17,20,22-24,30-31,37-39,46-57H2,1-3H3/b10-7-,12-9-,19-16-,21-18-,28-25-,29-26-,32-27-,35-33-,36-34-,43-40-,44-41-,45-42-/t58-/m1/s1. The number of carbonyl (C=O) groups is 3. The van der Waals surface area contributed by atoms with Gasteiger partial charge in [-0.3, -0.25) is 14.4 Å². The van der Waals surface area contributed by atoms with E-state index in [-0.39, 0.29) is 50.4 Å². The highest BCUT2D eigenvalue weighted by atomic mass is 16.6. The van der Waals surface area contributed by atoms with E-state index in [1.165, 1.54) is 44.9 Å². The number of carbonyl (C=O) groups excluding carboxylic acids is 3. The van der Waals surface area contributed by atoms with Crippen LogP contribution in [-0.2, 0) is 28.6 Å². The van der Waals surface area contributed by atoms with E-state index >= 15 is 0 Å². The summed E-state index contributed by atoms with van der Waals surface area (Å²) in [6.07, 6.45) is 77.0. The van der Waals surface area contributed by atoms with E-state index in [1.807, 2.05) is 0 Å². The maximum atomic E-state index is 12.8. The highest BCUT2D eigenvalue weighted by molar-refractivity contribution is 5.71. The summed E-state index contributed by atoms with van der Waals surface area (Å²) < 4.78 is 16.7. The third-order valence-electron chi connectivity index (χ3n) is 10.3. The van der Waals surface area contributed by atoms with E-state index in [4.69, 9.17) is 14.2 Å². The molecule has 0 aromatic carbocycles. The number of esters is 3. The van der Waals surface area contributed by atoms with E-state index in [1.54, 1.807) is 0 Å². The SMILES string of the molecule is CC/C=C\C/C=C\C/C=C\C/C=C\C/C=C\CCCC(=O)OC[C@H](COC(=O)CCC/C=C\C/C=C\C/C=C\CCCCCCCC)OC(=O)CCCC/C=C\C/C=C\C/C=C\C/C=C\CC. The summed E-state index contributed by atoms with van der Waals surface area (Å²) in [6, 6.07) is 0. The Hall–Kier alpha value is -4.71. The van der Waals surface area contributed by atoms with Crippen molar-refractivity contribution in [3.05, 3.63) is 146 Å². The van der Waals surface area contributed by atoms with Gasteiger partial charge in [0.2, 0.25) is 0 Å². The molecule has 374 valence electrons. The van der Waals surface area contributed by atoms with Crippen LogP contribution in [0, 0.1) is 0 Å². The van der Waals surface area contributed by atoms with Gasteiger partial charge in [-0.15, -0.1) is 0 Å². The van der Waals surface area contributed by atoms with Crippen molar-refractivity contribution in [2.24, 2.45) is 0 Å². The second-order valence-corrected chi connectivity index (χ2v) is 16.7. The van der Waals surface area contributed by atoms with Gasteiger partial charge < -0.3 is 14.2 Å². The van der Waals surface area contributed by atoms with Crippen molar-refractivity contribution in [3.8, 4) is 0 Å². The summed E-state index contributed by atoms with van der Waals surface area (Å²) in [5.41, 5.74) is 0. The molecular formula is C61H94O6. The van der Waals surface area contributed by atoms with Gasteiger partial charge in [0.25, 0.3) is 0 Å². The largest absolute Gasteiger partial charge is 0.462 e. The zero-order chi connectivity index (χ0) is 48.6. The molecule has 67 heavy (non-hydrogen) atoms. The van der Waals surface area contributed by atoms with Gasteiger partial charge in [-0.2, -0.15) is 0 Å². The summed E-state index contributed by atoms with van der Waals surface area (Å²) in [5, 5.41) is 0. The third-order valence-corrected chi connectivity index (χ3v) is 10.3. The van der Waals surface area contributed by atoms with Crippen molar-refractivity contribution in [3.63, 3.8) is 0 Å². The monoisotopic (exact) mass is 923 g/mol. The Bertz CT molecular complexity index is 1530. The van der Waals surface area contributed by atoms with E-state index in [0.29, 0.717) is 19.3 Å². The second-order valence-electron chi connectivity index (χ2n) is 16.7. The van der Waals surface area contributed by atoms with Gasteiger partial charge in [-0.1, -0.05) is 199 Å². The molecule has 0 rings (SSSR count). The smallest absolute Gasteiger partial charge is 0.306 e. The average Bonchev–Trinajstić information content (AvgIpc) is 3.33. The fourth-order valence-electron chi connectivity index (χ4n) is 6.42. The topological polar surface area (TPSA) is 78.9 Å². The molecule has 0 N–H and O–H groups in total. The predicted octanol–water partition coefficient (Wildman–Crippen LogP) is 17.6. The minimum Gasteiger partial charge on any atom is -0.462 e. The second kappa shape index (κ2) is 53.9. The molecule has 6 nitrogen and oxygen atoms in total. The lowest BCUT2D eigenvalue weighted by Gasteiger charge is -2.18. The first-order chi connectivity index (χ1) is 33.0. The molecule has 0 saturated heterocycles. The fourth-order valence-corrected chi connectivity index (χ4v) is 6.42. The number of allylic oxidation sites excluding steroid dienone is 24. The molecule has 0 aromatic rings. The summed E-state index contributed by atoms with van der Waals surface area (Å²) in [5.74, 6) is -1.10. The first-order valence-corrected chi connectivity index (χ1v) is 26.3. The molecule has 6 heteroatoms. The molecule has 0 unspecified atom stereocenters. The zero-order valence-electron chi connectivity index (χ0n) is 42.6. The zero-order valence-corrected chi connectivity index (χ0v) is 42.6. The highest BCUT2D eigenvalue weighted by Crippen LogP contribution is 2.10. The molecule has 0 aliphatic rings. The minimum absolute atomic E-state index is 0.145. The van der Waals surface area contributed by atoms with Crippen LogP contribution in [0.2, 0.25) is 0 Å². The Kier molecular flexibility index (Phi) is 50.1. The summed E-state index contributed by atoms with van der Waals surface area (Å²) in [7, 11) is 0. The Morgan fingerprint density at radius 3 is 0.955 bits per heavy atom. The maximum Gasteiger partial charge on any atom is 0.306 e. The van der Waals surface area contributed by atoms with Gasteiger partial charge in [0, 0.05) is 19.3 Å². The van der Waals surface area contributed by atoms with Crippen LogP contribution >= 0.6 is 0 Å². The molecule has 0 aromatic heterocycles. The number of hydrogen-bond donors (Lipinski definition) is 0. The van der Waals surface area contributed by atoms with E-state index in [9.17, 15) is 14.4 Å². The minimum atomic E-state index is -0.849. The van der Waals surface area contributed by atoms with Crippen LogP contribution in [0.1, 0.15) is 201 Å². The number of rotatable bonds is 45. The highest BCUT2D eigenvalue weighted by Gasteiger charge is 2.19. The fraction of sp³-hybridized carbons (Fsp3) is 0.557. The lowest BCUT2D eigenvalue weighted by Crippen LogP contribution is -2.30. The van der Waals surface area contributed by atoms with Crippen LogP contribution in [0.5, 0.6) is 0 Å². The number of unbranched alkanes of at least 4 members (excludes halogenated alkanes) is 10. The Morgan fingerprint density at radius 1 is 0.313 bits per heavy atom.